The fraction of sp³-hybridized carbons (Fsp3) is 0.343. The van der Waals surface area contributed by atoms with Crippen molar-refractivity contribution in [3.05, 3.63) is 83.6 Å². The van der Waals surface area contributed by atoms with Crippen molar-refractivity contribution < 1.29 is 19.4 Å². The summed E-state index contributed by atoms with van der Waals surface area (Å²) in [6.45, 7) is 4.42. The first-order valence-electron chi connectivity index (χ1n) is 14.9. The molecule has 1 aliphatic heterocycles. The van der Waals surface area contributed by atoms with E-state index in [2.05, 4.69) is 67.6 Å². The summed E-state index contributed by atoms with van der Waals surface area (Å²) in [6, 6.07) is 21.0. The maximum absolute atomic E-state index is 13.5. The molecule has 0 bridgehead atoms. The molecule has 2 aromatic heterocycles. The summed E-state index contributed by atoms with van der Waals surface area (Å²) in [4.78, 5) is 31.8. The quantitative estimate of drug-likeness (QED) is 0.254. The van der Waals surface area contributed by atoms with Crippen LogP contribution in [0.15, 0.2) is 66.7 Å². The van der Waals surface area contributed by atoms with Crippen LogP contribution in [-0.2, 0) is 20.9 Å². The van der Waals surface area contributed by atoms with Crippen molar-refractivity contribution in [2.45, 2.75) is 51.5 Å². The Morgan fingerprint density at radius 3 is 2.43 bits per heavy atom. The minimum atomic E-state index is -1.01. The topological polar surface area (TPSA) is 84.7 Å². The molecule has 1 saturated heterocycles. The molecule has 0 radical (unpaired) electrons. The molecule has 1 aliphatic carbocycles. The highest BCUT2D eigenvalue weighted by molar-refractivity contribution is 5.89. The Labute approximate surface area is 246 Å². The van der Waals surface area contributed by atoms with Crippen LogP contribution in [-0.4, -0.2) is 57.7 Å². The molecule has 0 atom stereocenters. The van der Waals surface area contributed by atoms with Crippen molar-refractivity contribution in [3.63, 3.8) is 0 Å². The number of rotatable bonds is 7. The number of carboxylic acid groups (broad SMARTS) is 1. The molecule has 4 aromatic rings. The first-order valence-corrected chi connectivity index (χ1v) is 14.9. The summed E-state index contributed by atoms with van der Waals surface area (Å²) < 4.78 is 7.49. The lowest BCUT2D eigenvalue weighted by molar-refractivity contribution is -0.136. The Hall–Kier alpha value is -4.23. The van der Waals surface area contributed by atoms with Gasteiger partial charge in [0.05, 0.1) is 30.1 Å². The number of carbonyl (C=O) groups is 2. The van der Waals surface area contributed by atoms with Gasteiger partial charge in [-0.3, -0.25) is 4.79 Å². The number of carboxylic acids is 1. The van der Waals surface area contributed by atoms with E-state index in [0.29, 0.717) is 32.2 Å². The lowest BCUT2D eigenvalue weighted by atomic mass is 9.83. The number of nitrogens with zero attached hydrogens (tertiary/aromatic N) is 3. The van der Waals surface area contributed by atoms with Crippen LogP contribution in [0.25, 0.3) is 39.5 Å². The molecule has 216 valence electrons. The Morgan fingerprint density at radius 2 is 1.69 bits per heavy atom. The van der Waals surface area contributed by atoms with Crippen LogP contribution in [0.2, 0.25) is 0 Å². The summed E-state index contributed by atoms with van der Waals surface area (Å²) in [5.41, 5.74) is 8.07. The smallest absolute Gasteiger partial charge is 0.328 e. The molecule has 0 spiro atoms. The van der Waals surface area contributed by atoms with Gasteiger partial charge in [0.15, 0.2) is 0 Å². The Bertz CT molecular complexity index is 1620. The van der Waals surface area contributed by atoms with Gasteiger partial charge in [-0.15, -0.1) is 0 Å². The van der Waals surface area contributed by atoms with Crippen molar-refractivity contribution in [2.75, 3.05) is 26.3 Å². The second-order valence-corrected chi connectivity index (χ2v) is 11.4. The molecule has 2 aromatic carbocycles. The molecule has 1 amide bonds. The van der Waals surface area contributed by atoms with Gasteiger partial charge in [-0.2, -0.15) is 0 Å². The molecule has 7 nitrogen and oxygen atoms in total. The number of carbonyl (C=O) groups excluding carboxylic acids is 1. The van der Waals surface area contributed by atoms with Crippen LogP contribution in [0, 0.1) is 6.92 Å². The normalized spacial score (nSPS) is 16.4. The number of aryl methyl sites for hydroxylation is 1. The third kappa shape index (κ3) is 6.02. The van der Waals surface area contributed by atoms with Crippen molar-refractivity contribution in [3.8, 4) is 22.5 Å². The standard InChI is InChI=1S/C35H37N3O4/c1-24-7-9-26(10-8-24)31-14-11-27-21-28(12-15-32(27)36-31)35-30(25-5-3-2-4-6-25)22-29(13-16-34(40)41)38(35)23-33(39)37-17-19-42-20-18-37/h7-16,21-22,25H,2-6,17-20,23H2,1H3,(H,40,41)/b16-13+. The molecular weight excluding hydrogens is 526 g/mol. The minimum Gasteiger partial charge on any atom is -0.478 e. The zero-order valence-electron chi connectivity index (χ0n) is 24.1. The van der Waals surface area contributed by atoms with Gasteiger partial charge < -0.3 is 19.3 Å². The molecule has 7 heteroatoms. The molecule has 6 rings (SSSR count). The predicted molar refractivity (Wildman–Crippen MR) is 165 cm³/mol. The maximum Gasteiger partial charge on any atom is 0.328 e. The van der Waals surface area contributed by atoms with E-state index in [1.165, 1.54) is 30.4 Å². The largest absolute Gasteiger partial charge is 0.478 e. The zero-order chi connectivity index (χ0) is 29.1. The summed E-state index contributed by atoms with van der Waals surface area (Å²) in [6.07, 6.45) is 8.55. The van der Waals surface area contributed by atoms with Gasteiger partial charge >= 0.3 is 5.97 Å². The Balaban J connectivity index is 1.45. The fourth-order valence-electron chi connectivity index (χ4n) is 6.31. The molecule has 2 aliphatic rings. The van der Waals surface area contributed by atoms with Crippen LogP contribution in [0.5, 0.6) is 0 Å². The SMILES string of the molecule is Cc1ccc(-c2ccc3cc(-c4c(C5CCCCC5)cc(/C=C/C(=O)O)n4CC(=O)N4CCOCC4)ccc3n2)cc1. The maximum atomic E-state index is 13.5. The first kappa shape index (κ1) is 27.9. The fourth-order valence-corrected chi connectivity index (χ4v) is 6.31. The molecule has 2 fully saturated rings. The van der Waals surface area contributed by atoms with Crippen LogP contribution < -0.4 is 0 Å². The average Bonchev–Trinajstić information content (AvgIpc) is 3.38. The van der Waals surface area contributed by atoms with Gasteiger partial charge in [0.1, 0.15) is 6.54 Å². The van der Waals surface area contributed by atoms with E-state index in [1.807, 2.05) is 9.47 Å². The summed E-state index contributed by atoms with van der Waals surface area (Å²) in [5.74, 6) is -0.632. The van der Waals surface area contributed by atoms with Crippen molar-refractivity contribution in [1.82, 2.24) is 14.5 Å². The monoisotopic (exact) mass is 563 g/mol. The van der Waals surface area contributed by atoms with Crippen LogP contribution in [0.4, 0.5) is 0 Å². The van der Waals surface area contributed by atoms with E-state index in [9.17, 15) is 14.7 Å². The zero-order valence-corrected chi connectivity index (χ0v) is 24.1. The lowest BCUT2D eigenvalue weighted by Gasteiger charge is -2.28. The molecule has 42 heavy (non-hydrogen) atoms. The summed E-state index contributed by atoms with van der Waals surface area (Å²) in [5, 5.41) is 10.5. The van der Waals surface area contributed by atoms with E-state index in [-0.39, 0.29) is 12.5 Å². The predicted octanol–water partition coefficient (Wildman–Crippen LogP) is 6.68. The highest BCUT2D eigenvalue weighted by Gasteiger charge is 2.27. The van der Waals surface area contributed by atoms with Crippen molar-refractivity contribution in [2.24, 2.45) is 0 Å². The number of pyridine rings is 1. The third-order valence-electron chi connectivity index (χ3n) is 8.57. The third-order valence-corrected chi connectivity index (χ3v) is 8.57. The number of hydrogen-bond donors (Lipinski definition) is 1. The average molecular weight is 564 g/mol. The number of ether oxygens (including phenoxy) is 1. The molecule has 1 N–H and O–H groups in total. The highest BCUT2D eigenvalue weighted by atomic mass is 16.5. The second-order valence-electron chi connectivity index (χ2n) is 11.4. The number of fused-ring (bicyclic) bond motifs is 1. The summed E-state index contributed by atoms with van der Waals surface area (Å²) in [7, 11) is 0. The van der Waals surface area contributed by atoms with Gasteiger partial charge in [-0.1, -0.05) is 61.2 Å². The van der Waals surface area contributed by atoms with E-state index < -0.39 is 5.97 Å². The number of morpholine rings is 1. The number of aromatic nitrogens is 2. The van der Waals surface area contributed by atoms with Crippen LogP contribution in [0.1, 0.15) is 54.8 Å². The van der Waals surface area contributed by atoms with E-state index in [0.717, 1.165) is 58.0 Å². The van der Waals surface area contributed by atoms with Crippen LogP contribution >= 0.6 is 0 Å². The Kier molecular flexibility index (Phi) is 8.20. The number of benzene rings is 2. The van der Waals surface area contributed by atoms with Gasteiger partial charge in [-0.05, 0) is 67.2 Å². The van der Waals surface area contributed by atoms with Gasteiger partial charge in [0.25, 0.3) is 0 Å². The number of aliphatic carboxylic acids is 1. The molecular formula is C35H37N3O4. The number of hydrogen-bond acceptors (Lipinski definition) is 4. The minimum absolute atomic E-state index is 0.0144. The van der Waals surface area contributed by atoms with Gasteiger partial charge in [0.2, 0.25) is 5.91 Å². The first-order chi connectivity index (χ1) is 20.5. The van der Waals surface area contributed by atoms with Gasteiger partial charge in [-0.25, -0.2) is 9.78 Å². The van der Waals surface area contributed by atoms with Gasteiger partial charge in [0, 0.05) is 35.8 Å². The van der Waals surface area contributed by atoms with E-state index >= 15 is 0 Å². The van der Waals surface area contributed by atoms with E-state index in [1.54, 1.807) is 6.08 Å². The second kappa shape index (κ2) is 12.3. The Morgan fingerprint density at radius 1 is 0.952 bits per heavy atom. The lowest BCUT2D eigenvalue weighted by Crippen LogP contribution is -2.42. The van der Waals surface area contributed by atoms with E-state index in [4.69, 9.17) is 9.72 Å². The summed E-state index contributed by atoms with van der Waals surface area (Å²) >= 11 is 0. The molecule has 0 unspecified atom stereocenters. The highest BCUT2D eigenvalue weighted by Crippen LogP contribution is 2.41. The molecule has 3 heterocycles. The van der Waals surface area contributed by atoms with Crippen molar-refractivity contribution >= 4 is 28.9 Å². The van der Waals surface area contributed by atoms with Crippen LogP contribution in [0.3, 0.4) is 0 Å². The molecule has 1 saturated carbocycles. The number of amides is 1. The van der Waals surface area contributed by atoms with Crippen molar-refractivity contribution in [1.29, 1.82) is 0 Å².